The summed E-state index contributed by atoms with van der Waals surface area (Å²) in [7, 11) is -0.572. The molecule has 0 bridgehead atoms. The van der Waals surface area contributed by atoms with E-state index in [1.165, 1.54) is 18.4 Å². The highest BCUT2D eigenvalue weighted by molar-refractivity contribution is 7.86. The van der Waals surface area contributed by atoms with Gasteiger partial charge in [0.1, 0.15) is 0 Å². The van der Waals surface area contributed by atoms with Crippen molar-refractivity contribution >= 4 is 27.8 Å². The number of nitrogens with zero attached hydrogens (tertiary/aromatic N) is 2. The summed E-state index contributed by atoms with van der Waals surface area (Å²) < 4.78 is 31.9. The van der Waals surface area contributed by atoms with Gasteiger partial charge in [-0.25, -0.2) is 4.79 Å². The number of amides is 1. The first-order valence-electron chi connectivity index (χ1n) is 8.51. The third-order valence-corrected chi connectivity index (χ3v) is 6.11. The molecule has 1 N–H and O–H groups in total. The largest absolute Gasteiger partial charge is 0.462 e. The van der Waals surface area contributed by atoms with Crippen molar-refractivity contribution in [1.29, 1.82) is 0 Å². The molecule has 26 heavy (non-hydrogen) atoms. The standard InChI is InChI=1S/C17H25N3O5S/c1-4-25-17(22)13-7-9-15(10-8-13)18-16(21)14-6-5-11-20(12-14)26(23,24)19(2)3/h7-10,14H,4-6,11-12H2,1-3H3,(H,18,21)/t14-/m0/s1. The second kappa shape index (κ2) is 8.61. The van der Waals surface area contributed by atoms with Crippen molar-refractivity contribution in [3.8, 4) is 0 Å². The van der Waals surface area contributed by atoms with Gasteiger partial charge in [-0.3, -0.25) is 4.79 Å². The van der Waals surface area contributed by atoms with Crippen LogP contribution in [0.2, 0.25) is 0 Å². The van der Waals surface area contributed by atoms with Gasteiger partial charge < -0.3 is 10.1 Å². The minimum atomic E-state index is -3.52. The Kier molecular flexibility index (Phi) is 6.74. The smallest absolute Gasteiger partial charge is 0.338 e. The highest BCUT2D eigenvalue weighted by atomic mass is 32.2. The van der Waals surface area contributed by atoms with Crippen molar-refractivity contribution in [3.05, 3.63) is 29.8 Å². The van der Waals surface area contributed by atoms with E-state index in [2.05, 4.69) is 5.32 Å². The van der Waals surface area contributed by atoms with Crippen molar-refractivity contribution < 1.29 is 22.7 Å². The quantitative estimate of drug-likeness (QED) is 0.748. The molecular weight excluding hydrogens is 358 g/mol. The number of nitrogens with one attached hydrogen (secondary N) is 1. The molecule has 0 aliphatic carbocycles. The van der Waals surface area contributed by atoms with Gasteiger partial charge in [0, 0.05) is 32.9 Å². The molecule has 2 rings (SSSR count). The van der Waals surface area contributed by atoms with E-state index in [9.17, 15) is 18.0 Å². The van der Waals surface area contributed by atoms with Crippen LogP contribution >= 0.6 is 0 Å². The number of ether oxygens (including phenoxy) is 1. The Morgan fingerprint density at radius 2 is 1.92 bits per heavy atom. The molecule has 0 unspecified atom stereocenters. The molecule has 0 spiro atoms. The molecule has 144 valence electrons. The molecule has 1 aliphatic rings. The maximum atomic E-state index is 12.5. The zero-order valence-corrected chi connectivity index (χ0v) is 16.1. The van der Waals surface area contributed by atoms with Crippen molar-refractivity contribution in [2.75, 3.05) is 39.1 Å². The van der Waals surface area contributed by atoms with Gasteiger partial charge in [-0.1, -0.05) is 0 Å². The lowest BCUT2D eigenvalue weighted by Crippen LogP contribution is -2.47. The molecule has 1 amide bonds. The first kappa shape index (κ1) is 20.3. The van der Waals surface area contributed by atoms with Crippen LogP contribution < -0.4 is 5.32 Å². The van der Waals surface area contributed by atoms with Crippen LogP contribution in [0.5, 0.6) is 0 Å². The fourth-order valence-electron chi connectivity index (χ4n) is 2.75. The molecule has 1 heterocycles. The fourth-order valence-corrected chi connectivity index (χ4v) is 3.94. The maximum absolute atomic E-state index is 12.5. The number of esters is 1. The Hall–Kier alpha value is -1.97. The number of carbonyl (C=O) groups excluding carboxylic acids is 2. The number of benzene rings is 1. The number of anilines is 1. The first-order valence-corrected chi connectivity index (χ1v) is 9.91. The van der Waals surface area contributed by atoms with Crippen molar-refractivity contribution in [2.45, 2.75) is 19.8 Å². The third-order valence-electron chi connectivity index (χ3n) is 4.21. The SMILES string of the molecule is CCOC(=O)c1ccc(NC(=O)[C@H]2CCCN(S(=O)(=O)N(C)C)C2)cc1. The van der Waals surface area contributed by atoms with Gasteiger partial charge in [0.2, 0.25) is 5.91 Å². The first-order chi connectivity index (χ1) is 12.3. The Labute approximate surface area is 154 Å². The lowest BCUT2D eigenvalue weighted by molar-refractivity contribution is -0.120. The van der Waals surface area contributed by atoms with Crippen LogP contribution in [0.15, 0.2) is 24.3 Å². The molecule has 1 aromatic rings. The van der Waals surface area contributed by atoms with E-state index >= 15 is 0 Å². The topological polar surface area (TPSA) is 96.0 Å². The van der Waals surface area contributed by atoms with E-state index in [0.717, 1.165) is 4.31 Å². The second-order valence-electron chi connectivity index (χ2n) is 6.27. The molecule has 1 atom stereocenters. The number of piperidine rings is 1. The second-order valence-corrected chi connectivity index (χ2v) is 8.42. The predicted octanol–water partition coefficient (Wildman–Crippen LogP) is 1.32. The minimum absolute atomic E-state index is 0.160. The molecule has 8 nitrogen and oxygen atoms in total. The van der Waals surface area contributed by atoms with E-state index in [0.29, 0.717) is 37.2 Å². The van der Waals surface area contributed by atoms with Gasteiger partial charge in [-0.2, -0.15) is 17.0 Å². The third kappa shape index (κ3) is 4.80. The normalized spacial score (nSPS) is 18.5. The summed E-state index contributed by atoms with van der Waals surface area (Å²) in [4.78, 5) is 24.1. The number of carbonyl (C=O) groups is 2. The van der Waals surface area contributed by atoms with Crippen molar-refractivity contribution in [1.82, 2.24) is 8.61 Å². The Morgan fingerprint density at radius 3 is 2.50 bits per heavy atom. The van der Waals surface area contributed by atoms with Gasteiger partial charge in [0.05, 0.1) is 18.1 Å². The number of hydrogen-bond acceptors (Lipinski definition) is 5. The molecule has 1 aromatic carbocycles. The molecule has 9 heteroatoms. The summed E-state index contributed by atoms with van der Waals surface area (Å²) in [5, 5.41) is 2.78. The minimum Gasteiger partial charge on any atom is -0.462 e. The summed E-state index contributed by atoms with van der Waals surface area (Å²) in [5.41, 5.74) is 0.960. The molecule has 1 fully saturated rings. The van der Waals surface area contributed by atoms with E-state index in [1.807, 2.05) is 0 Å². The van der Waals surface area contributed by atoms with Gasteiger partial charge in [0.15, 0.2) is 0 Å². The van der Waals surface area contributed by atoms with Crippen LogP contribution in [0.4, 0.5) is 5.69 Å². The average Bonchev–Trinajstić information content (AvgIpc) is 2.62. The number of hydrogen-bond donors (Lipinski definition) is 1. The molecule has 1 saturated heterocycles. The predicted molar refractivity (Wildman–Crippen MR) is 97.9 cm³/mol. The van der Waals surface area contributed by atoms with Crippen LogP contribution in [0.3, 0.4) is 0 Å². The summed E-state index contributed by atoms with van der Waals surface area (Å²) >= 11 is 0. The van der Waals surface area contributed by atoms with E-state index in [1.54, 1.807) is 31.2 Å². The van der Waals surface area contributed by atoms with Gasteiger partial charge in [-0.05, 0) is 44.0 Å². The molecule has 1 aliphatic heterocycles. The Balaban J connectivity index is 2.00. The zero-order chi connectivity index (χ0) is 19.3. The van der Waals surface area contributed by atoms with E-state index in [4.69, 9.17) is 4.74 Å². The monoisotopic (exact) mass is 383 g/mol. The Bertz CT molecular complexity index is 746. The van der Waals surface area contributed by atoms with Crippen LogP contribution in [-0.2, 0) is 19.7 Å². The van der Waals surface area contributed by atoms with Crippen LogP contribution in [0.1, 0.15) is 30.1 Å². The van der Waals surface area contributed by atoms with Crippen LogP contribution in [0, 0.1) is 5.92 Å². The van der Waals surface area contributed by atoms with E-state index in [-0.39, 0.29) is 12.5 Å². The van der Waals surface area contributed by atoms with Gasteiger partial charge in [-0.15, -0.1) is 0 Å². The molecule has 0 radical (unpaired) electrons. The van der Waals surface area contributed by atoms with E-state index < -0.39 is 22.1 Å². The highest BCUT2D eigenvalue weighted by Gasteiger charge is 2.33. The average molecular weight is 383 g/mol. The summed E-state index contributed by atoms with van der Waals surface area (Å²) in [6.45, 7) is 2.60. The summed E-state index contributed by atoms with van der Waals surface area (Å²) in [6, 6.07) is 6.41. The lowest BCUT2D eigenvalue weighted by Gasteiger charge is -2.32. The van der Waals surface area contributed by atoms with Crippen molar-refractivity contribution in [3.63, 3.8) is 0 Å². The fraction of sp³-hybridized carbons (Fsp3) is 0.529. The van der Waals surface area contributed by atoms with Crippen LogP contribution in [-0.4, -0.2) is 62.7 Å². The zero-order valence-electron chi connectivity index (χ0n) is 15.3. The Morgan fingerprint density at radius 1 is 1.27 bits per heavy atom. The van der Waals surface area contributed by atoms with Gasteiger partial charge >= 0.3 is 5.97 Å². The molecule has 0 saturated carbocycles. The summed E-state index contributed by atoms with van der Waals surface area (Å²) in [5.74, 6) is -1.06. The highest BCUT2D eigenvalue weighted by Crippen LogP contribution is 2.22. The summed E-state index contributed by atoms with van der Waals surface area (Å²) in [6.07, 6.45) is 1.26. The molecule has 0 aromatic heterocycles. The molecular formula is C17H25N3O5S. The van der Waals surface area contributed by atoms with Crippen LogP contribution in [0.25, 0.3) is 0 Å². The van der Waals surface area contributed by atoms with Crippen molar-refractivity contribution in [2.24, 2.45) is 5.92 Å². The lowest BCUT2D eigenvalue weighted by atomic mass is 9.98. The number of rotatable bonds is 6. The van der Waals surface area contributed by atoms with Gasteiger partial charge in [0.25, 0.3) is 10.2 Å². The maximum Gasteiger partial charge on any atom is 0.338 e.